The third kappa shape index (κ3) is 3.21. The first-order valence-electron chi connectivity index (χ1n) is 5.83. The molecule has 0 atom stereocenters. The molecule has 1 amide bonds. The molecule has 7 heteroatoms. The van der Waals surface area contributed by atoms with Crippen LogP contribution >= 0.6 is 11.6 Å². The van der Waals surface area contributed by atoms with E-state index in [2.05, 4.69) is 10.4 Å². The number of carbonyl (C=O) groups excluding carboxylic acids is 1. The number of benzene rings is 1. The number of halogens is 1. The Morgan fingerprint density at radius 3 is 2.70 bits per heavy atom. The largest absolute Gasteiger partial charge is 0.495 e. The van der Waals surface area contributed by atoms with Crippen molar-refractivity contribution in [1.82, 2.24) is 9.78 Å². The average molecular weight is 296 g/mol. The smallest absolute Gasteiger partial charge is 0.246 e. The molecular weight excluding hydrogens is 282 g/mol. The van der Waals surface area contributed by atoms with Crippen molar-refractivity contribution in [1.29, 1.82) is 0 Å². The van der Waals surface area contributed by atoms with Crippen LogP contribution < -0.4 is 14.8 Å². The van der Waals surface area contributed by atoms with Crippen molar-refractivity contribution in [2.45, 2.75) is 6.54 Å². The third-order valence-electron chi connectivity index (χ3n) is 2.61. The molecule has 0 fully saturated rings. The van der Waals surface area contributed by atoms with E-state index < -0.39 is 0 Å². The lowest BCUT2D eigenvalue weighted by Gasteiger charge is -2.13. The Bertz CT molecular complexity index is 599. The Kier molecular flexibility index (Phi) is 4.47. The molecule has 0 saturated heterocycles. The molecule has 0 bridgehead atoms. The number of anilines is 1. The zero-order valence-corrected chi connectivity index (χ0v) is 11.8. The molecule has 0 saturated carbocycles. The van der Waals surface area contributed by atoms with Gasteiger partial charge in [0, 0.05) is 18.5 Å². The second-order valence-electron chi connectivity index (χ2n) is 3.94. The number of aromatic nitrogens is 2. The van der Waals surface area contributed by atoms with Gasteiger partial charge in [0.05, 0.1) is 24.9 Å². The van der Waals surface area contributed by atoms with Crippen LogP contribution in [0.15, 0.2) is 30.6 Å². The molecule has 6 nitrogen and oxygen atoms in total. The van der Waals surface area contributed by atoms with Crippen molar-refractivity contribution >= 4 is 23.2 Å². The van der Waals surface area contributed by atoms with Crippen LogP contribution in [-0.4, -0.2) is 29.9 Å². The monoisotopic (exact) mass is 295 g/mol. The molecule has 0 aliphatic carbocycles. The number of ether oxygens (including phenoxy) is 2. The normalized spacial score (nSPS) is 10.2. The predicted molar refractivity (Wildman–Crippen MR) is 75.4 cm³/mol. The first kappa shape index (κ1) is 14.2. The van der Waals surface area contributed by atoms with Crippen LogP contribution in [0.25, 0.3) is 0 Å². The fourth-order valence-electron chi connectivity index (χ4n) is 1.69. The fraction of sp³-hybridized carbons (Fsp3) is 0.231. The van der Waals surface area contributed by atoms with Gasteiger partial charge in [-0.3, -0.25) is 9.48 Å². The SMILES string of the molecule is COc1cc(OC)c(NC(=O)Cn2cccn2)cc1Cl. The number of carbonyl (C=O) groups is 1. The van der Waals surface area contributed by atoms with Crippen molar-refractivity contribution in [2.24, 2.45) is 0 Å². The molecule has 0 aliphatic heterocycles. The van der Waals surface area contributed by atoms with Crippen LogP contribution in [0.1, 0.15) is 0 Å². The molecule has 0 unspecified atom stereocenters. The highest BCUT2D eigenvalue weighted by molar-refractivity contribution is 6.32. The molecule has 1 aromatic heterocycles. The summed E-state index contributed by atoms with van der Waals surface area (Å²) >= 11 is 6.04. The molecule has 2 aromatic rings. The van der Waals surface area contributed by atoms with E-state index in [0.717, 1.165) is 0 Å². The van der Waals surface area contributed by atoms with Crippen LogP contribution in [0.2, 0.25) is 5.02 Å². The molecule has 2 rings (SSSR count). The summed E-state index contributed by atoms with van der Waals surface area (Å²) in [6, 6.07) is 4.95. The molecular formula is C13H14ClN3O3. The Labute approximate surface area is 121 Å². The second-order valence-corrected chi connectivity index (χ2v) is 4.35. The molecule has 1 N–H and O–H groups in total. The molecule has 1 aromatic carbocycles. The van der Waals surface area contributed by atoms with Gasteiger partial charge in [-0.2, -0.15) is 5.10 Å². The van der Waals surface area contributed by atoms with E-state index in [1.165, 1.54) is 18.9 Å². The van der Waals surface area contributed by atoms with Crippen molar-refractivity contribution in [3.63, 3.8) is 0 Å². The highest BCUT2D eigenvalue weighted by Gasteiger charge is 2.12. The first-order chi connectivity index (χ1) is 9.63. The minimum Gasteiger partial charge on any atom is -0.495 e. The van der Waals surface area contributed by atoms with E-state index >= 15 is 0 Å². The summed E-state index contributed by atoms with van der Waals surface area (Å²) in [6.45, 7) is 0.111. The van der Waals surface area contributed by atoms with E-state index in [1.807, 2.05) is 0 Å². The van der Waals surface area contributed by atoms with Gasteiger partial charge in [0.15, 0.2) is 0 Å². The van der Waals surface area contributed by atoms with Crippen LogP contribution in [0.3, 0.4) is 0 Å². The van der Waals surface area contributed by atoms with Crippen molar-refractivity contribution in [2.75, 3.05) is 19.5 Å². The van der Waals surface area contributed by atoms with Crippen LogP contribution in [0.5, 0.6) is 11.5 Å². The molecule has 20 heavy (non-hydrogen) atoms. The number of nitrogens with one attached hydrogen (secondary N) is 1. The highest BCUT2D eigenvalue weighted by atomic mass is 35.5. The second kappa shape index (κ2) is 6.29. The topological polar surface area (TPSA) is 65.4 Å². The van der Waals surface area contributed by atoms with Gasteiger partial charge in [-0.15, -0.1) is 0 Å². The zero-order chi connectivity index (χ0) is 14.5. The van der Waals surface area contributed by atoms with E-state index in [-0.39, 0.29) is 12.5 Å². The van der Waals surface area contributed by atoms with Crippen molar-refractivity contribution < 1.29 is 14.3 Å². The van der Waals surface area contributed by atoms with Gasteiger partial charge in [0.25, 0.3) is 0 Å². The summed E-state index contributed by atoms with van der Waals surface area (Å²) in [5.41, 5.74) is 0.482. The Morgan fingerprint density at radius 2 is 2.10 bits per heavy atom. The van der Waals surface area contributed by atoms with Gasteiger partial charge in [-0.25, -0.2) is 0 Å². The number of methoxy groups -OCH3 is 2. The van der Waals surface area contributed by atoms with E-state index in [4.69, 9.17) is 21.1 Å². The molecule has 0 aliphatic rings. The summed E-state index contributed by atoms with van der Waals surface area (Å²) in [6.07, 6.45) is 3.32. The quantitative estimate of drug-likeness (QED) is 0.918. The van der Waals surface area contributed by atoms with Gasteiger partial charge in [-0.1, -0.05) is 11.6 Å². The van der Waals surface area contributed by atoms with Gasteiger partial charge < -0.3 is 14.8 Å². The zero-order valence-electron chi connectivity index (χ0n) is 11.1. The fourth-order valence-corrected chi connectivity index (χ4v) is 1.93. The van der Waals surface area contributed by atoms with Crippen molar-refractivity contribution in [3.8, 4) is 11.5 Å². The highest BCUT2D eigenvalue weighted by Crippen LogP contribution is 2.35. The molecule has 0 radical (unpaired) electrons. The number of hydrogen-bond acceptors (Lipinski definition) is 4. The van der Waals surface area contributed by atoms with Crippen LogP contribution in [0, 0.1) is 0 Å². The van der Waals surface area contributed by atoms with E-state index in [9.17, 15) is 4.79 Å². The van der Waals surface area contributed by atoms with E-state index in [1.54, 1.807) is 30.6 Å². The summed E-state index contributed by atoms with van der Waals surface area (Å²) in [4.78, 5) is 11.9. The minimum atomic E-state index is -0.228. The number of hydrogen-bond donors (Lipinski definition) is 1. The van der Waals surface area contributed by atoms with Crippen molar-refractivity contribution in [3.05, 3.63) is 35.6 Å². The number of nitrogens with zero attached hydrogens (tertiary/aromatic N) is 2. The summed E-state index contributed by atoms with van der Waals surface area (Å²) in [7, 11) is 3.02. The maximum Gasteiger partial charge on any atom is 0.246 e. The van der Waals surface area contributed by atoms with Gasteiger partial charge in [0.2, 0.25) is 5.91 Å². The van der Waals surface area contributed by atoms with Gasteiger partial charge >= 0.3 is 0 Å². The summed E-state index contributed by atoms with van der Waals surface area (Å²) < 4.78 is 11.8. The Balaban J connectivity index is 2.15. The standard InChI is InChI=1S/C13H14ClN3O3/c1-19-11-7-12(20-2)10(6-9(11)14)16-13(18)8-17-5-3-4-15-17/h3-7H,8H2,1-2H3,(H,16,18). The maximum atomic E-state index is 11.9. The minimum absolute atomic E-state index is 0.111. The van der Waals surface area contributed by atoms with Gasteiger partial charge in [0.1, 0.15) is 18.0 Å². The summed E-state index contributed by atoms with van der Waals surface area (Å²) in [5.74, 6) is 0.724. The lowest BCUT2D eigenvalue weighted by Crippen LogP contribution is -2.19. The predicted octanol–water partition coefficient (Wildman–Crippen LogP) is 2.19. The lowest BCUT2D eigenvalue weighted by atomic mass is 10.2. The maximum absolute atomic E-state index is 11.9. The van der Waals surface area contributed by atoms with Crippen LogP contribution in [-0.2, 0) is 11.3 Å². The third-order valence-corrected chi connectivity index (χ3v) is 2.91. The van der Waals surface area contributed by atoms with E-state index in [0.29, 0.717) is 22.2 Å². The molecule has 0 spiro atoms. The summed E-state index contributed by atoms with van der Waals surface area (Å²) in [5, 5.41) is 7.08. The number of amides is 1. The Hall–Kier alpha value is -2.21. The lowest BCUT2D eigenvalue weighted by molar-refractivity contribution is -0.116. The first-order valence-corrected chi connectivity index (χ1v) is 6.20. The molecule has 1 heterocycles. The van der Waals surface area contributed by atoms with Crippen LogP contribution in [0.4, 0.5) is 5.69 Å². The molecule has 106 valence electrons. The Morgan fingerprint density at radius 1 is 1.35 bits per heavy atom. The average Bonchev–Trinajstić information content (AvgIpc) is 2.91. The van der Waals surface area contributed by atoms with Gasteiger partial charge in [-0.05, 0) is 12.1 Å². The number of rotatable bonds is 5.